The van der Waals surface area contributed by atoms with Gasteiger partial charge in [0.2, 0.25) is 5.91 Å². The van der Waals surface area contributed by atoms with Crippen LogP contribution in [0.25, 0.3) is 11.3 Å². The number of rotatable bonds is 5. The molecule has 1 amide bonds. The number of anilines is 1. The Morgan fingerprint density at radius 2 is 2.22 bits per heavy atom. The number of ether oxygens (including phenoxy) is 2. The number of aromatic nitrogens is 1. The van der Waals surface area contributed by atoms with E-state index in [1.807, 2.05) is 29.6 Å². The van der Waals surface area contributed by atoms with Gasteiger partial charge in [-0.2, -0.15) is 0 Å². The maximum Gasteiger partial charge on any atom is 0.225 e. The zero-order valence-electron chi connectivity index (χ0n) is 13.3. The molecule has 6 heteroatoms. The molecule has 1 saturated heterocycles. The van der Waals surface area contributed by atoms with Crippen molar-refractivity contribution in [2.45, 2.75) is 25.9 Å². The Morgan fingerprint density at radius 1 is 1.43 bits per heavy atom. The summed E-state index contributed by atoms with van der Waals surface area (Å²) in [5, 5.41) is 2.70. The summed E-state index contributed by atoms with van der Waals surface area (Å²) < 4.78 is 10.8. The van der Waals surface area contributed by atoms with Crippen LogP contribution in [0.4, 0.5) is 5.13 Å². The maximum atomic E-state index is 12.0. The van der Waals surface area contributed by atoms with Crippen LogP contribution in [0.2, 0.25) is 0 Å². The van der Waals surface area contributed by atoms with E-state index in [4.69, 9.17) is 9.47 Å². The molecule has 3 rings (SSSR count). The lowest BCUT2D eigenvalue weighted by Gasteiger charge is -2.21. The summed E-state index contributed by atoms with van der Waals surface area (Å²) in [6.45, 7) is 2.93. The molecule has 1 aliphatic rings. The largest absolute Gasteiger partial charge is 0.497 e. The third-order valence-corrected chi connectivity index (χ3v) is 4.76. The highest BCUT2D eigenvalue weighted by Crippen LogP contribution is 2.29. The summed E-state index contributed by atoms with van der Waals surface area (Å²) in [4.78, 5) is 18.3. The fraction of sp³-hybridized carbons (Fsp3) is 0.412. The minimum absolute atomic E-state index is 0.00358. The first-order chi connectivity index (χ1) is 11.2. The number of carbonyl (C=O) groups is 1. The first kappa shape index (κ1) is 16.0. The van der Waals surface area contributed by atoms with Crippen LogP contribution in [0, 0.1) is 0 Å². The Morgan fingerprint density at radius 3 is 2.83 bits per heavy atom. The Labute approximate surface area is 139 Å². The van der Waals surface area contributed by atoms with Gasteiger partial charge in [0.15, 0.2) is 5.13 Å². The molecule has 0 unspecified atom stereocenters. The van der Waals surface area contributed by atoms with Gasteiger partial charge in [0, 0.05) is 24.5 Å². The third-order valence-electron chi connectivity index (χ3n) is 3.90. The van der Waals surface area contributed by atoms with Crippen LogP contribution >= 0.6 is 11.3 Å². The van der Waals surface area contributed by atoms with Crippen LogP contribution in [-0.4, -0.2) is 37.3 Å². The number of methoxy groups -OCH3 is 1. The van der Waals surface area contributed by atoms with Gasteiger partial charge in [0.05, 0.1) is 25.5 Å². The number of benzene rings is 1. The first-order valence-corrected chi connectivity index (χ1v) is 8.55. The van der Waals surface area contributed by atoms with E-state index in [0.29, 0.717) is 6.54 Å². The predicted octanol–water partition coefficient (Wildman–Crippen LogP) is 3.35. The minimum Gasteiger partial charge on any atom is -0.497 e. The van der Waals surface area contributed by atoms with Crippen molar-refractivity contribution in [3.05, 3.63) is 29.6 Å². The number of amides is 1. The van der Waals surface area contributed by atoms with Gasteiger partial charge < -0.3 is 9.47 Å². The number of thiazole rings is 1. The predicted molar refractivity (Wildman–Crippen MR) is 91.1 cm³/mol. The van der Waals surface area contributed by atoms with Gasteiger partial charge in [-0.3, -0.25) is 9.69 Å². The van der Waals surface area contributed by atoms with Crippen molar-refractivity contribution in [3.63, 3.8) is 0 Å². The Kier molecular flexibility index (Phi) is 4.93. The second-order valence-electron chi connectivity index (χ2n) is 5.51. The molecule has 23 heavy (non-hydrogen) atoms. The Hall–Kier alpha value is -1.92. The Bertz CT molecular complexity index is 663. The van der Waals surface area contributed by atoms with Gasteiger partial charge in [0.1, 0.15) is 5.75 Å². The van der Waals surface area contributed by atoms with Gasteiger partial charge in [-0.25, -0.2) is 4.98 Å². The highest BCUT2D eigenvalue weighted by molar-refractivity contribution is 7.14. The highest BCUT2D eigenvalue weighted by atomic mass is 32.1. The maximum absolute atomic E-state index is 12.0. The van der Waals surface area contributed by atoms with Gasteiger partial charge in [-0.1, -0.05) is 0 Å². The molecule has 2 heterocycles. The van der Waals surface area contributed by atoms with Crippen molar-refractivity contribution in [2.75, 3.05) is 25.2 Å². The SMILES string of the molecule is COc1ccc(-c2csc(N(C[C@H]3CCCO3)C(C)=O)n2)cc1. The van der Waals surface area contributed by atoms with Gasteiger partial charge in [-0.15, -0.1) is 11.3 Å². The standard InChI is InChI=1S/C17H20N2O3S/c1-12(20)19(10-15-4-3-9-22-15)17-18-16(11-23-17)13-5-7-14(21-2)8-6-13/h5-8,11,15H,3-4,9-10H2,1-2H3/t15-/m1/s1. The highest BCUT2D eigenvalue weighted by Gasteiger charge is 2.23. The average molecular weight is 332 g/mol. The second-order valence-corrected chi connectivity index (χ2v) is 6.35. The molecule has 1 fully saturated rings. The van der Waals surface area contributed by atoms with Crippen molar-refractivity contribution in [1.82, 2.24) is 4.98 Å². The molecule has 0 saturated carbocycles. The Balaban J connectivity index is 1.78. The van der Waals surface area contributed by atoms with E-state index in [-0.39, 0.29) is 12.0 Å². The molecule has 1 aromatic heterocycles. The van der Waals surface area contributed by atoms with Crippen molar-refractivity contribution >= 4 is 22.4 Å². The van der Waals surface area contributed by atoms with Crippen molar-refractivity contribution in [1.29, 1.82) is 0 Å². The smallest absolute Gasteiger partial charge is 0.225 e. The minimum atomic E-state index is -0.00358. The molecular formula is C17H20N2O3S. The fourth-order valence-electron chi connectivity index (χ4n) is 2.62. The molecule has 0 N–H and O–H groups in total. The van der Waals surface area contributed by atoms with Crippen molar-refractivity contribution < 1.29 is 14.3 Å². The summed E-state index contributed by atoms with van der Waals surface area (Å²) in [5.41, 5.74) is 1.88. The molecule has 0 radical (unpaired) electrons. The van der Waals surface area contributed by atoms with Crippen molar-refractivity contribution in [2.24, 2.45) is 0 Å². The molecule has 0 bridgehead atoms. The summed E-state index contributed by atoms with van der Waals surface area (Å²) in [7, 11) is 1.64. The molecule has 0 aliphatic carbocycles. The van der Waals surface area contributed by atoms with E-state index >= 15 is 0 Å². The van der Waals surface area contributed by atoms with E-state index in [1.165, 1.54) is 11.3 Å². The van der Waals surface area contributed by atoms with Gasteiger partial charge >= 0.3 is 0 Å². The first-order valence-electron chi connectivity index (χ1n) is 7.67. The molecule has 1 atom stereocenters. The summed E-state index contributed by atoms with van der Waals surface area (Å²) in [5.74, 6) is 0.809. The number of hydrogen-bond donors (Lipinski definition) is 0. The van der Waals surface area contributed by atoms with Crippen LogP contribution in [0.15, 0.2) is 29.6 Å². The van der Waals surface area contributed by atoms with Crippen molar-refractivity contribution in [3.8, 4) is 17.0 Å². The lowest BCUT2D eigenvalue weighted by molar-refractivity contribution is -0.116. The van der Waals surface area contributed by atoms with Crippen LogP contribution in [0.3, 0.4) is 0 Å². The van der Waals surface area contributed by atoms with E-state index < -0.39 is 0 Å². The number of carbonyl (C=O) groups excluding carboxylic acids is 1. The quantitative estimate of drug-likeness (QED) is 0.842. The lowest BCUT2D eigenvalue weighted by Crippen LogP contribution is -2.35. The topological polar surface area (TPSA) is 51.7 Å². The summed E-state index contributed by atoms with van der Waals surface area (Å²) >= 11 is 1.48. The summed E-state index contributed by atoms with van der Waals surface area (Å²) in [6.07, 6.45) is 2.18. The number of hydrogen-bond acceptors (Lipinski definition) is 5. The van der Waals surface area contributed by atoms with Crippen LogP contribution in [0.5, 0.6) is 5.75 Å². The zero-order valence-corrected chi connectivity index (χ0v) is 14.1. The molecular weight excluding hydrogens is 312 g/mol. The van der Waals surface area contributed by atoms with Crippen LogP contribution in [0.1, 0.15) is 19.8 Å². The second kappa shape index (κ2) is 7.10. The molecule has 1 aromatic carbocycles. The van der Waals surface area contributed by atoms with Gasteiger partial charge in [0.25, 0.3) is 0 Å². The average Bonchev–Trinajstić information content (AvgIpc) is 3.24. The summed E-state index contributed by atoms with van der Waals surface area (Å²) in [6, 6.07) is 7.75. The van der Waals surface area contributed by atoms with Crippen LogP contribution in [-0.2, 0) is 9.53 Å². The molecule has 122 valence electrons. The molecule has 5 nitrogen and oxygen atoms in total. The van der Waals surface area contributed by atoms with Crippen LogP contribution < -0.4 is 9.64 Å². The van der Waals surface area contributed by atoms with Gasteiger partial charge in [-0.05, 0) is 37.1 Å². The fourth-order valence-corrected chi connectivity index (χ4v) is 3.50. The number of nitrogens with zero attached hydrogens (tertiary/aromatic N) is 2. The van der Waals surface area contributed by atoms with E-state index in [1.54, 1.807) is 18.9 Å². The monoisotopic (exact) mass is 332 g/mol. The zero-order chi connectivity index (χ0) is 16.2. The van der Waals surface area contributed by atoms with E-state index in [2.05, 4.69) is 4.98 Å². The van der Waals surface area contributed by atoms with E-state index in [0.717, 1.165) is 41.6 Å². The third kappa shape index (κ3) is 3.71. The van der Waals surface area contributed by atoms with E-state index in [9.17, 15) is 4.79 Å². The lowest BCUT2D eigenvalue weighted by atomic mass is 10.2. The normalized spacial score (nSPS) is 17.2. The molecule has 0 spiro atoms. The molecule has 2 aromatic rings. The molecule has 1 aliphatic heterocycles.